The summed E-state index contributed by atoms with van der Waals surface area (Å²) in [6.07, 6.45) is 3.53. The molecule has 0 spiro atoms. The monoisotopic (exact) mass is 211 g/mol. The maximum absolute atomic E-state index is 5.87. The number of nitrogens with two attached hydrogens (primary N) is 1. The Bertz CT molecular complexity index is 278. The molecule has 1 aliphatic carbocycles. The van der Waals surface area contributed by atoms with Gasteiger partial charge in [0.15, 0.2) is 0 Å². The fraction of sp³-hybridized carbons (Fsp3) is 0.500. The van der Waals surface area contributed by atoms with Crippen molar-refractivity contribution >= 4 is 12.4 Å². The smallest absolute Gasteiger partial charge is 0.00558 e. The largest absolute Gasteiger partial charge is 0.328 e. The second-order valence-corrected chi connectivity index (χ2v) is 4.17. The van der Waals surface area contributed by atoms with E-state index in [2.05, 4.69) is 37.3 Å². The standard InChI is InChI=1S/C12H17N.ClH/c1-2-12(8-11(13)9-12)10-6-4-3-5-7-10;/h3-7,11H,2,8-9,13H2,1H3;1H. The molecule has 78 valence electrons. The first-order chi connectivity index (χ1) is 6.27. The van der Waals surface area contributed by atoms with Crippen LogP contribution in [0.3, 0.4) is 0 Å². The Morgan fingerprint density at radius 3 is 2.29 bits per heavy atom. The zero-order valence-electron chi connectivity index (χ0n) is 8.57. The summed E-state index contributed by atoms with van der Waals surface area (Å²) in [5.41, 5.74) is 7.74. The summed E-state index contributed by atoms with van der Waals surface area (Å²) in [7, 11) is 0. The third-order valence-electron chi connectivity index (χ3n) is 3.37. The average molecular weight is 212 g/mol. The first-order valence-electron chi connectivity index (χ1n) is 5.08. The molecule has 0 aromatic heterocycles. The van der Waals surface area contributed by atoms with Crippen molar-refractivity contribution in [3.05, 3.63) is 35.9 Å². The number of hydrogen-bond acceptors (Lipinski definition) is 1. The molecule has 0 atom stereocenters. The summed E-state index contributed by atoms with van der Waals surface area (Å²) >= 11 is 0. The molecule has 1 aliphatic rings. The number of halogens is 1. The molecule has 0 unspecified atom stereocenters. The topological polar surface area (TPSA) is 26.0 Å². The summed E-state index contributed by atoms with van der Waals surface area (Å²) < 4.78 is 0. The zero-order chi connectivity index (χ0) is 9.31. The Morgan fingerprint density at radius 1 is 1.29 bits per heavy atom. The molecular weight excluding hydrogens is 194 g/mol. The van der Waals surface area contributed by atoms with Gasteiger partial charge in [-0.05, 0) is 30.2 Å². The van der Waals surface area contributed by atoms with Gasteiger partial charge in [-0.25, -0.2) is 0 Å². The van der Waals surface area contributed by atoms with Gasteiger partial charge in [0.2, 0.25) is 0 Å². The Labute approximate surface area is 92.1 Å². The molecule has 0 radical (unpaired) electrons. The molecule has 14 heavy (non-hydrogen) atoms. The van der Waals surface area contributed by atoms with Gasteiger partial charge in [0.1, 0.15) is 0 Å². The highest BCUT2D eigenvalue weighted by Gasteiger charge is 2.41. The van der Waals surface area contributed by atoms with E-state index in [0.29, 0.717) is 11.5 Å². The first kappa shape index (κ1) is 11.5. The fourth-order valence-electron chi connectivity index (χ4n) is 2.46. The van der Waals surface area contributed by atoms with Gasteiger partial charge in [0, 0.05) is 6.04 Å². The zero-order valence-corrected chi connectivity index (χ0v) is 9.39. The van der Waals surface area contributed by atoms with Crippen molar-refractivity contribution in [1.29, 1.82) is 0 Å². The first-order valence-corrected chi connectivity index (χ1v) is 5.08. The van der Waals surface area contributed by atoms with Gasteiger partial charge >= 0.3 is 0 Å². The van der Waals surface area contributed by atoms with Crippen LogP contribution in [-0.4, -0.2) is 6.04 Å². The lowest BCUT2D eigenvalue weighted by Gasteiger charge is -2.46. The van der Waals surface area contributed by atoms with E-state index in [1.54, 1.807) is 0 Å². The van der Waals surface area contributed by atoms with Crippen molar-refractivity contribution in [3.8, 4) is 0 Å². The van der Waals surface area contributed by atoms with Crippen molar-refractivity contribution in [3.63, 3.8) is 0 Å². The van der Waals surface area contributed by atoms with Crippen LogP contribution in [0, 0.1) is 0 Å². The van der Waals surface area contributed by atoms with Crippen LogP contribution in [0.4, 0.5) is 0 Å². The molecule has 1 aromatic carbocycles. The van der Waals surface area contributed by atoms with Crippen LogP contribution in [-0.2, 0) is 5.41 Å². The van der Waals surface area contributed by atoms with E-state index >= 15 is 0 Å². The maximum Gasteiger partial charge on any atom is 0.00558 e. The van der Waals surface area contributed by atoms with Gasteiger partial charge in [0.05, 0.1) is 0 Å². The van der Waals surface area contributed by atoms with Gasteiger partial charge < -0.3 is 5.73 Å². The van der Waals surface area contributed by atoms with E-state index in [1.165, 1.54) is 12.0 Å². The summed E-state index contributed by atoms with van der Waals surface area (Å²) in [5.74, 6) is 0. The van der Waals surface area contributed by atoms with Crippen molar-refractivity contribution in [2.75, 3.05) is 0 Å². The third-order valence-corrected chi connectivity index (χ3v) is 3.37. The highest BCUT2D eigenvalue weighted by Crippen LogP contribution is 2.45. The van der Waals surface area contributed by atoms with Crippen molar-refractivity contribution in [1.82, 2.24) is 0 Å². The molecule has 0 saturated heterocycles. The van der Waals surface area contributed by atoms with E-state index in [0.717, 1.165) is 12.8 Å². The van der Waals surface area contributed by atoms with Crippen molar-refractivity contribution < 1.29 is 0 Å². The van der Waals surface area contributed by atoms with Crippen LogP contribution < -0.4 is 5.73 Å². The third kappa shape index (κ3) is 1.79. The van der Waals surface area contributed by atoms with Crippen molar-refractivity contribution in [2.45, 2.75) is 37.6 Å². The van der Waals surface area contributed by atoms with Gasteiger partial charge in [-0.2, -0.15) is 0 Å². The Balaban J connectivity index is 0.000000980. The molecule has 0 bridgehead atoms. The SMILES string of the molecule is CCC1(c2ccccc2)CC(N)C1.Cl. The van der Waals surface area contributed by atoms with E-state index in [-0.39, 0.29) is 12.4 Å². The molecule has 0 heterocycles. The van der Waals surface area contributed by atoms with E-state index < -0.39 is 0 Å². The van der Waals surface area contributed by atoms with E-state index in [9.17, 15) is 0 Å². The highest BCUT2D eigenvalue weighted by molar-refractivity contribution is 5.85. The molecule has 0 aliphatic heterocycles. The summed E-state index contributed by atoms with van der Waals surface area (Å²) in [6, 6.07) is 11.2. The minimum Gasteiger partial charge on any atom is -0.328 e. The van der Waals surface area contributed by atoms with Gasteiger partial charge in [0.25, 0.3) is 0 Å². The maximum atomic E-state index is 5.87. The molecule has 0 amide bonds. The second-order valence-electron chi connectivity index (χ2n) is 4.17. The van der Waals surface area contributed by atoms with Crippen LogP contribution in [0.2, 0.25) is 0 Å². The van der Waals surface area contributed by atoms with E-state index in [1.807, 2.05) is 0 Å². The minimum atomic E-state index is 0. The molecule has 2 rings (SSSR count). The summed E-state index contributed by atoms with van der Waals surface area (Å²) in [5, 5.41) is 0. The van der Waals surface area contributed by atoms with E-state index in [4.69, 9.17) is 5.73 Å². The number of benzene rings is 1. The van der Waals surface area contributed by atoms with Gasteiger partial charge in [-0.3, -0.25) is 0 Å². The second kappa shape index (κ2) is 4.33. The molecule has 1 aromatic rings. The van der Waals surface area contributed by atoms with Crippen LogP contribution in [0.1, 0.15) is 31.7 Å². The quantitative estimate of drug-likeness (QED) is 0.800. The van der Waals surface area contributed by atoms with Gasteiger partial charge in [-0.15, -0.1) is 12.4 Å². The normalized spacial score (nSPS) is 30.3. The van der Waals surface area contributed by atoms with Crippen LogP contribution >= 0.6 is 12.4 Å². The summed E-state index contributed by atoms with van der Waals surface area (Å²) in [6.45, 7) is 2.26. The predicted molar refractivity (Wildman–Crippen MR) is 62.9 cm³/mol. The van der Waals surface area contributed by atoms with Crippen LogP contribution in [0.25, 0.3) is 0 Å². The molecular formula is C12H18ClN. The Kier molecular flexibility index (Phi) is 3.57. The highest BCUT2D eigenvalue weighted by atomic mass is 35.5. The molecule has 1 nitrogen and oxygen atoms in total. The van der Waals surface area contributed by atoms with Gasteiger partial charge in [-0.1, -0.05) is 37.3 Å². The molecule has 1 saturated carbocycles. The van der Waals surface area contributed by atoms with Crippen LogP contribution in [0.15, 0.2) is 30.3 Å². The Hall–Kier alpha value is -0.530. The lowest BCUT2D eigenvalue weighted by molar-refractivity contribution is 0.196. The molecule has 2 N–H and O–H groups in total. The lowest BCUT2D eigenvalue weighted by atomic mass is 9.60. The number of rotatable bonds is 2. The fourth-order valence-corrected chi connectivity index (χ4v) is 2.46. The summed E-state index contributed by atoms with van der Waals surface area (Å²) in [4.78, 5) is 0. The van der Waals surface area contributed by atoms with Crippen molar-refractivity contribution in [2.24, 2.45) is 5.73 Å². The predicted octanol–water partition coefficient (Wildman–Crippen LogP) is 2.88. The average Bonchev–Trinajstić information content (AvgIpc) is 2.14. The molecule has 2 heteroatoms. The molecule has 1 fully saturated rings. The van der Waals surface area contributed by atoms with Crippen LogP contribution in [0.5, 0.6) is 0 Å². The Morgan fingerprint density at radius 2 is 1.86 bits per heavy atom. The lowest BCUT2D eigenvalue weighted by Crippen LogP contribution is -2.48. The minimum absolute atomic E-state index is 0. The number of hydrogen-bond donors (Lipinski definition) is 1.